The Morgan fingerprint density at radius 1 is 1.25 bits per heavy atom. The lowest BCUT2D eigenvalue weighted by Gasteiger charge is -2.18. The molecule has 2 heterocycles. The van der Waals surface area contributed by atoms with Crippen molar-refractivity contribution in [3.05, 3.63) is 6.33 Å². The Hall–Kier alpha value is -1.97. The zero-order chi connectivity index (χ0) is 14.4. The van der Waals surface area contributed by atoms with Gasteiger partial charge in [0.2, 0.25) is 5.95 Å². The first kappa shape index (κ1) is 13.0. The minimum atomic E-state index is -1.01. The summed E-state index contributed by atoms with van der Waals surface area (Å²) in [5, 5.41) is 29.2. The third-order valence-electron chi connectivity index (χ3n) is 3.83. The van der Waals surface area contributed by atoms with Gasteiger partial charge in [-0.3, -0.25) is 0 Å². The first-order valence-electron chi connectivity index (χ1n) is 6.25. The summed E-state index contributed by atoms with van der Waals surface area (Å²) in [6.45, 7) is -0.194. The molecule has 0 aromatic carbocycles. The number of aliphatic hydroxyl groups excluding tert-OH is 3. The first-order valence-corrected chi connectivity index (χ1v) is 6.25. The summed E-state index contributed by atoms with van der Waals surface area (Å²) in [6, 6.07) is -0.444. The molecule has 0 aliphatic heterocycles. The monoisotopic (exact) mass is 280 g/mol. The number of anilines is 2. The van der Waals surface area contributed by atoms with Crippen LogP contribution in [-0.4, -0.2) is 53.7 Å². The molecule has 0 amide bonds. The van der Waals surface area contributed by atoms with Gasteiger partial charge >= 0.3 is 0 Å². The van der Waals surface area contributed by atoms with Crippen molar-refractivity contribution in [3.8, 4) is 0 Å². The van der Waals surface area contributed by atoms with Crippen LogP contribution in [0, 0.1) is 5.92 Å². The summed E-state index contributed by atoms with van der Waals surface area (Å²) in [5.41, 5.74) is 12.1. The van der Waals surface area contributed by atoms with Crippen molar-refractivity contribution in [2.24, 2.45) is 5.92 Å². The highest BCUT2D eigenvalue weighted by molar-refractivity contribution is 5.82. The fourth-order valence-corrected chi connectivity index (χ4v) is 2.75. The maximum atomic E-state index is 10.1. The van der Waals surface area contributed by atoms with Gasteiger partial charge in [-0.05, 0) is 6.42 Å². The summed E-state index contributed by atoms with van der Waals surface area (Å²) >= 11 is 0. The number of hydrogen-bond donors (Lipinski definition) is 5. The quantitative estimate of drug-likeness (QED) is 0.434. The van der Waals surface area contributed by atoms with Crippen LogP contribution in [-0.2, 0) is 0 Å². The second kappa shape index (κ2) is 4.54. The largest absolute Gasteiger partial charge is 0.396 e. The standard InChI is InChI=1S/C11H16N6O3/c12-9-6-10(16-11(13)15-9)17(3-14-6)5-1-4(2-18)7(19)8(5)20/h3-5,7-8,18-20H,1-2H2,(H4,12,13,15,16)/t4-,5-,7-,8-/m0/s1. The average Bonchev–Trinajstić information content (AvgIpc) is 2.93. The summed E-state index contributed by atoms with van der Waals surface area (Å²) in [4.78, 5) is 12.0. The number of aliphatic hydroxyl groups is 3. The molecule has 2 aromatic rings. The molecule has 2 aromatic heterocycles. The predicted octanol–water partition coefficient (Wildman–Crippen LogP) is -1.73. The van der Waals surface area contributed by atoms with Crippen LogP contribution in [0.25, 0.3) is 11.2 Å². The van der Waals surface area contributed by atoms with Gasteiger partial charge in [0.15, 0.2) is 11.5 Å². The van der Waals surface area contributed by atoms with Crippen LogP contribution in [0.2, 0.25) is 0 Å². The van der Waals surface area contributed by atoms with Gasteiger partial charge in [-0.25, -0.2) is 4.98 Å². The van der Waals surface area contributed by atoms with Crippen molar-refractivity contribution >= 4 is 22.9 Å². The number of nitrogens with zero attached hydrogens (tertiary/aromatic N) is 4. The van der Waals surface area contributed by atoms with Crippen LogP contribution in [0.1, 0.15) is 12.5 Å². The van der Waals surface area contributed by atoms with E-state index < -0.39 is 18.2 Å². The van der Waals surface area contributed by atoms with E-state index in [9.17, 15) is 15.3 Å². The summed E-state index contributed by atoms with van der Waals surface area (Å²) < 4.78 is 1.62. The third kappa shape index (κ3) is 1.79. The minimum Gasteiger partial charge on any atom is -0.396 e. The van der Waals surface area contributed by atoms with Gasteiger partial charge in [0, 0.05) is 12.5 Å². The molecule has 0 unspecified atom stereocenters. The lowest BCUT2D eigenvalue weighted by Crippen LogP contribution is -2.30. The minimum absolute atomic E-state index is 0.0171. The number of fused-ring (bicyclic) bond motifs is 1. The van der Waals surface area contributed by atoms with Crippen molar-refractivity contribution in [2.75, 3.05) is 18.1 Å². The molecule has 1 saturated carbocycles. The van der Waals surface area contributed by atoms with Gasteiger partial charge in [-0.2, -0.15) is 9.97 Å². The lowest BCUT2D eigenvalue weighted by molar-refractivity contribution is -0.00370. The molecule has 3 rings (SSSR count). The van der Waals surface area contributed by atoms with Gasteiger partial charge in [-0.1, -0.05) is 0 Å². The van der Waals surface area contributed by atoms with Gasteiger partial charge < -0.3 is 31.4 Å². The van der Waals surface area contributed by atoms with Gasteiger partial charge in [0.25, 0.3) is 0 Å². The highest BCUT2D eigenvalue weighted by Crippen LogP contribution is 2.36. The molecule has 7 N–H and O–H groups in total. The van der Waals surface area contributed by atoms with Gasteiger partial charge in [0.05, 0.1) is 18.5 Å². The van der Waals surface area contributed by atoms with E-state index in [1.165, 1.54) is 6.33 Å². The smallest absolute Gasteiger partial charge is 0.224 e. The maximum absolute atomic E-state index is 10.1. The average molecular weight is 280 g/mol. The van der Waals surface area contributed by atoms with Crippen LogP contribution in [0.15, 0.2) is 6.33 Å². The SMILES string of the molecule is Nc1nc(N)c2ncn([C@H]3C[C@@H](CO)[C@H](O)[C@H]3O)c2n1. The second-order valence-corrected chi connectivity index (χ2v) is 5.02. The molecule has 4 atom stereocenters. The third-order valence-corrected chi connectivity index (χ3v) is 3.83. The number of nitrogen functional groups attached to an aromatic ring is 2. The number of hydrogen-bond acceptors (Lipinski definition) is 8. The summed E-state index contributed by atoms with van der Waals surface area (Å²) in [6.07, 6.45) is -0.107. The Bertz CT molecular complexity index is 644. The molecule has 20 heavy (non-hydrogen) atoms. The van der Waals surface area contributed by atoms with Gasteiger partial charge in [-0.15, -0.1) is 0 Å². The fourth-order valence-electron chi connectivity index (χ4n) is 2.75. The molecular weight excluding hydrogens is 264 g/mol. The molecule has 9 nitrogen and oxygen atoms in total. The van der Waals surface area contributed by atoms with Crippen LogP contribution < -0.4 is 11.5 Å². The summed E-state index contributed by atoms with van der Waals surface area (Å²) in [5.74, 6) is -0.203. The van der Waals surface area contributed by atoms with Crippen molar-refractivity contribution in [1.29, 1.82) is 0 Å². The highest BCUT2D eigenvalue weighted by Gasteiger charge is 2.42. The molecule has 0 saturated heterocycles. The number of rotatable bonds is 2. The van der Waals surface area contributed by atoms with Crippen LogP contribution in [0.5, 0.6) is 0 Å². The van der Waals surface area contributed by atoms with Crippen LogP contribution in [0.3, 0.4) is 0 Å². The highest BCUT2D eigenvalue weighted by atomic mass is 16.3. The first-order chi connectivity index (χ1) is 9.52. The van der Waals surface area contributed by atoms with E-state index in [2.05, 4.69) is 15.0 Å². The van der Waals surface area contributed by atoms with E-state index in [4.69, 9.17) is 11.5 Å². The number of nitrogens with two attached hydrogens (primary N) is 2. The molecular formula is C11H16N6O3. The number of imidazole rings is 1. The predicted molar refractivity (Wildman–Crippen MR) is 70.4 cm³/mol. The molecule has 0 spiro atoms. The lowest BCUT2D eigenvalue weighted by atomic mass is 10.1. The molecule has 0 radical (unpaired) electrons. The van der Waals surface area contributed by atoms with Crippen molar-refractivity contribution < 1.29 is 15.3 Å². The van der Waals surface area contributed by atoms with E-state index in [-0.39, 0.29) is 24.3 Å². The van der Waals surface area contributed by atoms with E-state index >= 15 is 0 Å². The molecule has 108 valence electrons. The van der Waals surface area contributed by atoms with E-state index in [0.717, 1.165) is 0 Å². The Labute approximate surface area is 113 Å². The van der Waals surface area contributed by atoms with Crippen molar-refractivity contribution in [2.45, 2.75) is 24.7 Å². The van der Waals surface area contributed by atoms with Gasteiger partial charge in [0.1, 0.15) is 11.6 Å². The normalized spacial score (nSPS) is 30.1. The fraction of sp³-hybridized carbons (Fsp3) is 0.545. The van der Waals surface area contributed by atoms with E-state index in [1.807, 2.05) is 0 Å². The Morgan fingerprint density at radius 2 is 2.00 bits per heavy atom. The maximum Gasteiger partial charge on any atom is 0.224 e. The molecule has 1 aliphatic rings. The topological polar surface area (TPSA) is 156 Å². The molecule has 1 fully saturated rings. The Kier molecular flexibility index (Phi) is 2.96. The molecule has 9 heteroatoms. The van der Waals surface area contributed by atoms with Crippen molar-refractivity contribution in [3.63, 3.8) is 0 Å². The van der Waals surface area contributed by atoms with Crippen molar-refractivity contribution in [1.82, 2.24) is 19.5 Å². The molecule has 1 aliphatic carbocycles. The van der Waals surface area contributed by atoms with E-state index in [0.29, 0.717) is 17.6 Å². The second-order valence-electron chi connectivity index (χ2n) is 5.02. The zero-order valence-electron chi connectivity index (χ0n) is 10.6. The number of aromatic nitrogens is 4. The zero-order valence-corrected chi connectivity index (χ0v) is 10.6. The molecule has 0 bridgehead atoms. The van der Waals surface area contributed by atoms with E-state index in [1.54, 1.807) is 4.57 Å². The Morgan fingerprint density at radius 3 is 2.65 bits per heavy atom. The Balaban J connectivity index is 2.07. The summed E-state index contributed by atoms with van der Waals surface area (Å²) in [7, 11) is 0. The van der Waals surface area contributed by atoms with Crippen LogP contribution >= 0.6 is 0 Å². The van der Waals surface area contributed by atoms with Crippen LogP contribution in [0.4, 0.5) is 11.8 Å².